The summed E-state index contributed by atoms with van der Waals surface area (Å²) in [6, 6.07) is 13.1. The number of nitrogens with zero attached hydrogens (tertiary/aromatic N) is 3. The van der Waals surface area contributed by atoms with E-state index in [0.717, 1.165) is 22.2 Å². The second-order valence-electron chi connectivity index (χ2n) is 9.59. The fraction of sp³-hybridized carbons (Fsp3) is 0.357. The minimum Gasteiger partial charge on any atom is -0.491 e. The van der Waals surface area contributed by atoms with Gasteiger partial charge in [-0.15, -0.1) is 0 Å². The van der Waals surface area contributed by atoms with Gasteiger partial charge in [0.15, 0.2) is 12.4 Å². The van der Waals surface area contributed by atoms with Crippen molar-refractivity contribution >= 4 is 28.5 Å². The molecule has 36 heavy (non-hydrogen) atoms. The van der Waals surface area contributed by atoms with Crippen LogP contribution in [-0.4, -0.2) is 47.0 Å². The molecule has 3 aromatic rings. The smallest absolute Gasteiger partial charge is 0.258 e. The molecule has 2 N–H and O–H groups in total. The highest BCUT2D eigenvalue weighted by Gasteiger charge is 2.15. The van der Waals surface area contributed by atoms with Gasteiger partial charge in [-0.05, 0) is 78.0 Å². The number of amides is 1. The average molecular weight is 490 g/mol. The van der Waals surface area contributed by atoms with Gasteiger partial charge < -0.3 is 20.1 Å². The van der Waals surface area contributed by atoms with Gasteiger partial charge >= 0.3 is 0 Å². The largest absolute Gasteiger partial charge is 0.491 e. The van der Waals surface area contributed by atoms with E-state index in [2.05, 4.69) is 15.6 Å². The number of aliphatic imine (C=N–C) groups is 1. The number of hydrogen-bond acceptors (Lipinski definition) is 6. The lowest BCUT2D eigenvalue weighted by molar-refractivity contribution is -0.124. The van der Waals surface area contributed by atoms with Crippen molar-refractivity contribution in [1.29, 1.82) is 0 Å². The molecule has 1 amide bonds. The zero-order chi connectivity index (χ0) is 26.3. The first kappa shape index (κ1) is 26.7. The van der Waals surface area contributed by atoms with Crippen molar-refractivity contribution in [2.24, 2.45) is 4.99 Å². The molecule has 8 heteroatoms. The molecule has 0 bridgehead atoms. The van der Waals surface area contributed by atoms with Crippen LogP contribution in [0.5, 0.6) is 11.5 Å². The molecular weight excluding hydrogens is 454 g/mol. The molecule has 0 unspecified atom stereocenters. The van der Waals surface area contributed by atoms with Gasteiger partial charge in [0.05, 0.1) is 11.6 Å². The lowest BCUT2D eigenvalue weighted by Gasteiger charge is -2.20. The minimum atomic E-state index is -0.321. The van der Waals surface area contributed by atoms with Crippen LogP contribution < -0.4 is 20.1 Å². The first-order valence-corrected chi connectivity index (χ1v) is 12.0. The van der Waals surface area contributed by atoms with Gasteiger partial charge in [0.1, 0.15) is 23.2 Å². The Balaban J connectivity index is 1.98. The third-order valence-electron chi connectivity index (χ3n) is 4.83. The van der Waals surface area contributed by atoms with Crippen LogP contribution in [0.4, 0.5) is 5.82 Å². The van der Waals surface area contributed by atoms with E-state index in [1.807, 2.05) is 90.1 Å². The van der Waals surface area contributed by atoms with Gasteiger partial charge in [0.2, 0.25) is 0 Å². The summed E-state index contributed by atoms with van der Waals surface area (Å²) in [7, 11) is 1.72. The van der Waals surface area contributed by atoms with Gasteiger partial charge in [-0.2, -0.15) is 0 Å². The Morgan fingerprint density at radius 1 is 1.11 bits per heavy atom. The van der Waals surface area contributed by atoms with Crippen LogP contribution in [0.25, 0.3) is 22.3 Å². The zero-order valence-corrected chi connectivity index (χ0v) is 22.0. The molecule has 0 saturated carbocycles. The molecule has 0 atom stereocenters. The van der Waals surface area contributed by atoms with Crippen molar-refractivity contribution in [2.45, 2.75) is 53.2 Å². The topological polar surface area (TPSA) is 97.7 Å². The van der Waals surface area contributed by atoms with Crippen LogP contribution in [0.3, 0.4) is 0 Å². The number of allylic oxidation sites excluding steroid dienone is 1. The standard InChI is InChI=1S/C28H35N5O3/c1-8-10-24(29-7)31-27-22-16-21(36-18(2)3)13-14-23(22)30-26(32-27)19-11-9-12-20(15-19)35-17-25(34)33-28(4,5)6/h8-16,18H,17H2,1-7H3,(H,33,34)(H,29,30,31,32)/b10-8-. The summed E-state index contributed by atoms with van der Waals surface area (Å²) in [6.07, 6.45) is 3.82. The van der Waals surface area contributed by atoms with E-state index in [9.17, 15) is 4.79 Å². The van der Waals surface area contributed by atoms with Crippen LogP contribution in [0.1, 0.15) is 41.5 Å². The highest BCUT2D eigenvalue weighted by atomic mass is 16.5. The Bertz CT molecular complexity index is 1280. The van der Waals surface area contributed by atoms with Crippen LogP contribution in [0.2, 0.25) is 0 Å². The maximum atomic E-state index is 12.2. The number of ether oxygens (including phenoxy) is 2. The van der Waals surface area contributed by atoms with E-state index in [1.54, 1.807) is 13.1 Å². The van der Waals surface area contributed by atoms with Crippen LogP contribution in [0, 0.1) is 0 Å². The van der Waals surface area contributed by atoms with Gasteiger partial charge in [-0.1, -0.05) is 18.2 Å². The maximum Gasteiger partial charge on any atom is 0.258 e. The number of benzene rings is 2. The van der Waals surface area contributed by atoms with Crippen LogP contribution >= 0.6 is 0 Å². The highest BCUT2D eigenvalue weighted by Crippen LogP contribution is 2.30. The minimum absolute atomic E-state index is 0.0445. The van der Waals surface area contributed by atoms with Crippen molar-refractivity contribution in [2.75, 3.05) is 19.0 Å². The lowest BCUT2D eigenvalue weighted by Crippen LogP contribution is -2.43. The SMILES string of the molecule is C/C=C\C(=NC)Nc1nc(-c2cccc(OCC(=O)NC(C)(C)C)c2)nc2ccc(OC(C)C)cc12. The molecular formula is C28H35N5O3. The predicted octanol–water partition coefficient (Wildman–Crippen LogP) is 5.39. The second-order valence-corrected chi connectivity index (χ2v) is 9.59. The number of fused-ring (bicyclic) bond motifs is 1. The fourth-order valence-corrected chi connectivity index (χ4v) is 3.46. The summed E-state index contributed by atoms with van der Waals surface area (Å²) in [6.45, 7) is 11.6. The predicted molar refractivity (Wildman–Crippen MR) is 146 cm³/mol. The van der Waals surface area contributed by atoms with Crippen LogP contribution in [-0.2, 0) is 4.79 Å². The van der Waals surface area contributed by atoms with Gasteiger partial charge in [-0.25, -0.2) is 9.97 Å². The number of anilines is 1. The molecule has 190 valence electrons. The zero-order valence-electron chi connectivity index (χ0n) is 22.0. The van der Waals surface area contributed by atoms with E-state index in [1.165, 1.54) is 0 Å². The molecule has 2 aromatic carbocycles. The summed E-state index contributed by atoms with van der Waals surface area (Å²) in [5, 5.41) is 7.02. The first-order valence-electron chi connectivity index (χ1n) is 12.0. The first-order chi connectivity index (χ1) is 17.1. The Hall–Kier alpha value is -3.94. The highest BCUT2D eigenvalue weighted by molar-refractivity contribution is 6.07. The number of carbonyl (C=O) groups excluding carboxylic acids is 1. The molecule has 0 spiro atoms. The number of rotatable bonds is 8. The van der Waals surface area contributed by atoms with E-state index in [-0.39, 0.29) is 24.2 Å². The third-order valence-corrected chi connectivity index (χ3v) is 4.83. The molecule has 0 radical (unpaired) electrons. The Morgan fingerprint density at radius 3 is 2.56 bits per heavy atom. The maximum absolute atomic E-state index is 12.2. The second kappa shape index (κ2) is 11.7. The van der Waals surface area contributed by atoms with Crippen molar-refractivity contribution in [3.05, 3.63) is 54.6 Å². The van der Waals surface area contributed by atoms with E-state index in [0.29, 0.717) is 23.2 Å². The van der Waals surface area contributed by atoms with Crippen molar-refractivity contribution in [1.82, 2.24) is 15.3 Å². The van der Waals surface area contributed by atoms with Crippen molar-refractivity contribution in [3.8, 4) is 22.9 Å². The summed E-state index contributed by atoms with van der Waals surface area (Å²) < 4.78 is 11.6. The lowest BCUT2D eigenvalue weighted by atomic mass is 10.1. The molecule has 0 aliphatic carbocycles. The average Bonchev–Trinajstić information content (AvgIpc) is 2.81. The van der Waals surface area contributed by atoms with E-state index < -0.39 is 0 Å². The third kappa shape index (κ3) is 7.53. The summed E-state index contributed by atoms with van der Waals surface area (Å²) in [4.78, 5) is 26.1. The molecule has 0 fully saturated rings. The number of carbonyl (C=O) groups is 1. The van der Waals surface area contributed by atoms with Crippen molar-refractivity contribution < 1.29 is 14.3 Å². The molecule has 0 aliphatic heterocycles. The molecule has 3 rings (SSSR count). The monoisotopic (exact) mass is 489 g/mol. The molecule has 0 saturated heterocycles. The Labute approximate surface area is 212 Å². The van der Waals surface area contributed by atoms with Crippen LogP contribution in [0.15, 0.2) is 59.6 Å². The van der Waals surface area contributed by atoms with Gasteiger partial charge in [0.25, 0.3) is 5.91 Å². The quantitative estimate of drug-likeness (QED) is 0.325. The number of amidine groups is 1. The van der Waals surface area contributed by atoms with Crippen molar-refractivity contribution in [3.63, 3.8) is 0 Å². The molecule has 1 aromatic heterocycles. The van der Waals surface area contributed by atoms with Gasteiger partial charge in [0, 0.05) is 23.5 Å². The van der Waals surface area contributed by atoms with E-state index in [4.69, 9.17) is 19.4 Å². The molecule has 8 nitrogen and oxygen atoms in total. The Kier molecular flexibility index (Phi) is 8.64. The van der Waals surface area contributed by atoms with Gasteiger partial charge in [-0.3, -0.25) is 9.79 Å². The summed E-state index contributed by atoms with van der Waals surface area (Å²) >= 11 is 0. The summed E-state index contributed by atoms with van der Waals surface area (Å²) in [5.74, 6) is 2.90. The number of nitrogens with one attached hydrogen (secondary N) is 2. The normalized spacial score (nSPS) is 12.3. The summed E-state index contributed by atoms with van der Waals surface area (Å²) in [5.41, 5.74) is 1.20. The fourth-order valence-electron chi connectivity index (χ4n) is 3.46. The molecule has 0 aliphatic rings. The Morgan fingerprint density at radius 2 is 1.89 bits per heavy atom. The molecule has 1 heterocycles. The number of hydrogen-bond donors (Lipinski definition) is 2. The van der Waals surface area contributed by atoms with E-state index >= 15 is 0 Å². The number of aromatic nitrogens is 2.